The van der Waals surface area contributed by atoms with Crippen LogP contribution in [0, 0.1) is 13.8 Å². The number of nitrogens with one attached hydrogen (secondary N) is 1. The summed E-state index contributed by atoms with van der Waals surface area (Å²) in [6, 6.07) is 17.5. The van der Waals surface area contributed by atoms with E-state index in [-0.39, 0.29) is 5.91 Å². The SMILES string of the molecule is CCOCc1ccccc1CNC(=O)c1ccc(-n2nc(C)cc2C)cc1. The Morgan fingerprint density at radius 1 is 1.07 bits per heavy atom. The summed E-state index contributed by atoms with van der Waals surface area (Å²) in [5.74, 6) is -0.0962. The number of aromatic nitrogens is 2. The molecule has 0 saturated heterocycles. The number of aryl methyl sites for hydroxylation is 2. The molecule has 1 aromatic heterocycles. The fraction of sp³-hybridized carbons (Fsp3) is 0.273. The highest BCUT2D eigenvalue weighted by Gasteiger charge is 2.09. The van der Waals surface area contributed by atoms with E-state index in [0.717, 1.165) is 28.2 Å². The number of ether oxygens (including phenoxy) is 1. The van der Waals surface area contributed by atoms with E-state index in [1.54, 1.807) is 0 Å². The molecule has 0 saturated carbocycles. The molecule has 3 rings (SSSR count). The van der Waals surface area contributed by atoms with Crippen LogP contribution in [-0.4, -0.2) is 22.3 Å². The highest BCUT2D eigenvalue weighted by molar-refractivity contribution is 5.94. The number of hydrogen-bond donors (Lipinski definition) is 1. The second-order valence-corrected chi connectivity index (χ2v) is 6.47. The Morgan fingerprint density at radius 2 is 1.78 bits per heavy atom. The van der Waals surface area contributed by atoms with Crippen LogP contribution in [0.3, 0.4) is 0 Å². The minimum absolute atomic E-state index is 0.0962. The molecular weight excluding hydrogens is 338 g/mol. The van der Waals surface area contributed by atoms with Crippen molar-refractivity contribution in [1.82, 2.24) is 15.1 Å². The van der Waals surface area contributed by atoms with Crippen LogP contribution in [0.2, 0.25) is 0 Å². The lowest BCUT2D eigenvalue weighted by Gasteiger charge is -2.11. The molecule has 27 heavy (non-hydrogen) atoms. The Hall–Kier alpha value is -2.92. The lowest BCUT2D eigenvalue weighted by molar-refractivity contribution is 0.0950. The van der Waals surface area contributed by atoms with Crippen molar-refractivity contribution in [2.75, 3.05) is 6.61 Å². The third-order valence-electron chi connectivity index (χ3n) is 4.40. The summed E-state index contributed by atoms with van der Waals surface area (Å²) in [5.41, 5.74) is 5.77. The zero-order valence-corrected chi connectivity index (χ0v) is 16.0. The van der Waals surface area contributed by atoms with Gasteiger partial charge in [0.1, 0.15) is 0 Å². The molecule has 2 aromatic carbocycles. The van der Waals surface area contributed by atoms with Crippen LogP contribution < -0.4 is 5.32 Å². The average Bonchev–Trinajstić information content (AvgIpc) is 3.03. The molecule has 0 radical (unpaired) electrons. The number of benzene rings is 2. The second kappa shape index (κ2) is 8.64. The van der Waals surface area contributed by atoms with E-state index in [0.29, 0.717) is 25.3 Å². The minimum atomic E-state index is -0.0962. The molecule has 0 bridgehead atoms. The van der Waals surface area contributed by atoms with Crippen molar-refractivity contribution in [2.24, 2.45) is 0 Å². The number of amides is 1. The van der Waals surface area contributed by atoms with Gasteiger partial charge in [-0.15, -0.1) is 0 Å². The van der Waals surface area contributed by atoms with E-state index >= 15 is 0 Å². The van der Waals surface area contributed by atoms with E-state index in [1.807, 2.05) is 80.1 Å². The molecule has 1 amide bonds. The smallest absolute Gasteiger partial charge is 0.251 e. The largest absolute Gasteiger partial charge is 0.377 e. The van der Waals surface area contributed by atoms with Gasteiger partial charge in [-0.05, 0) is 62.2 Å². The zero-order valence-electron chi connectivity index (χ0n) is 16.0. The molecular formula is C22H25N3O2. The molecule has 1 N–H and O–H groups in total. The first-order valence-electron chi connectivity index (χ1n) is 9.15. The van der Waals surface area contributed by atoms with Gasteiger partial charge in [0, 0.05) is 24.4 Å². The van der Waals surface area contributed by atoms with E-state index in [9.17, 15) is 4.79 Å². The van der Waals surface area contributed by atoms with Crippen LogP contribution in [0.4, 0.5) is 0 Å². The monoisotopic (exact) mass is 363 g/mol. The van der Waals surface area contributed by atoms with E-state index in [4.69, 9.17) is 4.74 Å². The van der Waals surface area contributed by atoms with Gasteiger partial charge in [0.05, 0.1) is 18.0 Å². The fourth-order valence-corrected chi connectivity index (χ4v) is 3.00. The summed E-state index contributed by atoms with van der Waals surface area (Å²) in [6.07, 6.45) is 0. The van der Waals surface area contributed by atoms with Crippen molar-refractivity contribution in [3.63, 3.8) is 0 Å². The number of rotatable bonds is 7. The predicted molar refractivity (Wildman–Crippen MR) is 106 cm³/mol. The maximum Gasteiger partial charge on any atom is 0.251 e. The van der Waals surface area contributed by atoms with Crippen LogP contribution in [0.25, 0.3) is 5.69 Å². The van der Waals surface area contributed by atoms with Crippen LogP contribution in [-0.2, 0) is 17.9 Å². The predicted octanol–water partition coefficient (Wildman–Crippen LogP) is 3.96. The number of nitrogens with zero attached hydrogens (tertiary/aromatic N) is 2. The van der Waals surface area contributed by atoms with Gasteiger partial charge in [0.25, 0.3) is 5.91 Å². The van der Waals surface area contributed by atoms with Crippen molar-refractivity contribution in [3.05, 3.63) is 82.7 Å². The Balaban J connectivity index is 1.66. The first kappa shape index (κ1) is 18.9. The van der Waals surface area contributed by atoms with Gasteiger partial charge in [-0.2, -0.15) is 5.10 Å². The highest BCUT2D eigenvalue weighted by Crippen LogP contribution is 2.14. The lowest BCUT2D eigenvalue weighted by atomic mass is 10.1. The third-order valence-corrected chi connectivity index (χ3v) is 4.40. The second-order valence-electron chi connectivity index (χ2n) is 6.47. The van der Waals surface area contributed by atoms with Crippen LogP contribution in [0.5, 0.6) is 0 Å². The number of carbonyl (C=O) groups excluding carboxylic acids is 1. The molecule has 0 aliphatic heterocycles. The summed E-state index contributed by atoms with van der Waals surface area (Å²) in [5, 5.41) is 7.46. The van der Waals surface area contributed by atoms with E-state index in [2.05, 4.69) is 10.4 Å². The Kier molecular flexibility index (Phi) is 6.04. The summed E-state index contributed by atoms with van der Waals surface area (Å²) in [4.78, 5) is 12.5. The van der Waals surface area contributed by atoms with Crippen molar-refractivity contribution >= 4 is 5.91 Å². The molecule has 3 aromatic rings. The molecule has 0 atom stereocenters. The van der Waals surface area contributed by atoms with E-state index < -0.39 is 0 Å². The standard InChI is InChI=1S/C22H25N3O2/c1-4-27-15-20-8-6-5-7-19(20)14-23-22(26)18-9-11-21(12-10-18)25-17(3)13-16(2)24-25/h5-13H,4,14-15H2,1-3H3,(H,23,26). The molecule has 0 unspecified atom stereocenters. The molecule has 0 fully saturated rings. The van der Waals surface area contributed by atoms with Crippen molar-refractivity contribution in [3.8, 4) is 5.69 Å². The molecule has 140 valence electrons. The van der Waals surface area contributed by atoms with Gasteiger partial charge >= 0.3 is 0 Å². The summed E-state index contributed by atoms with van der Waals surface area (Å²) in [6.45, 7) is 7.65. The highest BCUT2D eigenvalue weighted by atomic mass is 16.5. The van der Waals surface area contributed by atoms with Crippen molar-refractivity contribution < 1.29 is 9.53 Å². The minimum Gasteiger partial charge on any atom is -0.377 e. The molecule has 1 heterocycles. The van der Waals surface area contributed by atoms with Crippen molar-refractivity contribution in [1.29, 1.82) is 0 Å². The van der Waals surface area contributed by atoms with Gasteiger partial charge in [-0.25, -0.2) is 4.68 Å². The fourth-order valence-electron chi connectivity index (χ4n) is 3.00. The summed E-state index contributed by atoms with van der Waals surface area (Å²) < 4.78 is 7.37. The third kappa shape index (κ3) is 4.63. The van der Waals surface area contributed by atoms with Gasteiger partial charge in [-0.1, -0.05) is 24.3 Å². The van der Waals surface area contributed by atoms with Gasteiger partial charge in [0.15, 0.2) is 0 Å². The Morgan fingerprint density at radius 3 is 2.41 bits per heavy atom. The molecule has 5 heteroatoms. The molecule has 5 nitrogen and oxygen atoms in total. The quantitative estimate of drug-likeness (QED) is 0.691. The lowest BCUT2D eigenvalue weighted by Crippen LogP contribution is -2.23. The van der Waals surface area contributed by atoms with Gasteiger partial charge in [0.2, 0.25) is 0 Å². The molecule has 0 aliphatic rings. The van der Waals surface area contributed by atoms with Crippen LogP contribution in [0.15, 0.2) is 54.6 Å². The molecule has 0 spiro atoms. The summed E-state index contributed by atoms with van der Waals surface area (Å²) in [7, 11) is 0. The Labute approximate surface area is 160 Å². The van der Waals surface area contributed by atoms with Gasteiger partial charge in [-0.3, -0.25) is 4.79 Å². The summed E-state index contributed by atoms with van der Waals surface area (Å²) >= 11 is 0. The first-order chi connectivity index (χ1) is 13.1. The van der Waals surface area contributed by atoms with Crippen LogP contribution in [0.1, 0.15) is 39.8 Å². The maximum atomic E-state index is 12.5. The maximum absolute atomic E-state index is 12.5. The normalized spacial score (nSPS) is 10.8. The molecule has 0 aliphatic carbocycles. The average molecular weight is 363 g/mol. The van der Waals surface area contributed by atoms with E-state index in [1.165, 1.54) is 0 Å². The van der Waals surface area contributed by atoms with Crippen LogP contribution >= 0.6 is 0 Å². The topological polar surface area (TPSA) is 56.1 Å². The first-order valence-corrected chi connectivity index (χ1v) is 9.15. The zero-order chi connectivity index (χ0) is 19.2. The Bertz CT molecular complexity index is 914. The number of carbonyl (C=O) groups is 1. The van der Waals surface area contributed by atoms with Gasteiger partial charge < -0.3 is 10.1 Å². The van der Waals surface area contributed by atoms with Crippen molar-refractivity contribution in [2.45, 2.75) is 33.9 Å². The number of hydrogen-bond acceptors (Lipinski definition) is 3.